The molecule has 0 unspecified atom stereocenters. The van der Waals surface area contributed by atoms with Crippen LogP contribution in [0.4, 0.5) is 0 Å². The molecule has 1 rings (SSSR count). The summed E-state index contributed by atoms with van der Waals surface area (Å²) in [4.78, 5) is 14.1. The first-order chi connectivity index (χ1) is 10.8. The zero-order valence-corrected chi connectivity index (χ0v) is 15.2. The van der Waals surface area contributed by atoms with E-state index >= 15 is 0 Å². The lowest BCUT2D eigenvalue weighted by Gasteiger charge is -2.27. The summed E-state index contributed by atoms with van der Waals surface area (Å²) in [5.74, 6) is 1.30. The van der Waals surface area contributed by atoms with Crippen LogP contribution in [-0.2, 0) is 4.79 Å². The molecule has 0 aromatic carbocycles. The van der Waals surface area contributed by atoms with Crippen LogP contribution >= 0.6 is 0 Å². The molecule has 130 valence electrons. The van der Waals surface area contributed by atoms with Gasteiger partial charge in [-0.3, -0.25) is 4.79 Å². The van der Waals surface area contributed by atoms with E-state index in [-0.39, 0.29) is 0 Å². The number of carbonyl (C=O) groups excluding carboxylic acids is 1. The van der Waals surface area contributed by atoms with E-state index in [4.69, 9.17) is 0 Å². The number of rotatable bonds is 13. The first-order valence-electron chi connectivity index (χ1n) is 10.00. The Morgan fingerprint density at radius 3 is 1.86 bits per heavy atom. The highest BCUT2D eigenvalue weighted by Crippen LogP contribution is 2.24. The van der Waals surface area contributed by atoms with Gasteiger partial charge in [0, 0.05) is 12.8 Å². The van der Waals surface area contributed by atoms with Gasteiger partial charge < -0.3 is 4.90 Å². The van der Waals surface area contributed by atoms with Crippen molar-refractivity contribution < 1.29 is 4.79 Å². The monoisotopic (exact) mass is 309 g/mol. The molecule has 2 nitrogen and oxygen atoms in total. The van der Waals surface area contributed by atoms with E-state index in [0.717, 1.165) is 31.6 Å². The lowest BCUT2D eigenvalue weighted by molar-refractivity contribution is -0.121. The van der Waals surface area contributed by atoms with Crippen molar-refractivity contribution in [3.63, 3.8) is 0 Å². The summed E-state index contributed by atoms with van der Waals surface area (Å²) in [5, 5.41) is 0. The molecule has 0 N–H and O–H groups in total. The smallest absolute Gasteiger partial charge is 0.132 e. The zero-order chi connectivity index (χ0) is 16.0. The highest BCUT2D eigenvalue weighted by atomic mass is 16.1. The number of nitrogens with zero attached hydrogens (tertiary/aromatic N) is 1. The van der Waals surface area contributed by atoms with Crippen LogP contribution in [0.3, 0.4) is 0 Å². The number of carbonyl (C=O) groups is 1. The van der Waals surface area contributed by atoms with Crippen molar-refractivity contribution in [3.8, 4) is 0 Å². The van der Waals surface area contributed by atoms with Gasteiger partial charge >= 0.3 is 0 Å². The predicted octanol–water partition coefficient (Wildman–Crippen LogP) is 5.60. The summed E-state index contributed by atoms with van der Waals surface area (Å²) in [7, 11) is 0. The fourth-order valence-corrected chi connectivity index (χ4v) is 3.51. The molecule has 1 aliphatic carbocycles. The Hall–Kier alpha value is -0.370. The normalized spacial score (nSPS) is 16.6. The third-order valence-electron chi connectivity index (χ3n) is 5.17. The Balaban J connectivity index is 2.21. The van der Waals surface area contributed by atoms with Gasteiger partial charge in [0.05, 0.1) is 0 Å². The minimum absolute atomic E-state index is 0.493. The molecule has 22 heavy (non-hydrogen) atoms. The SMILES string of the molecule is CCCCCCN(CCCCCC)CCC1CCC(=O)CC1. The molecular weight excluding hydrogens is 270 g/mol. The van der Waals surface area contributed by atoms with Gasteiger partial charge in [-0.25, -0.2) is 0 Å². The van der Waals surface area contributed by atoms with Crippen LogP contribution in [0.2, 0.25) is 0 Å². The van der Waals surface area contributed by atoms with E-state index in [2.05, 4.69) is 18.7 Å². The minimum atomic E-state index is 0.493. The second-order valence-corrected chi connectivity index (χ2v) is 7.23. The quantitative estimate of drug-likeness (QED) is 0.413. The molecule has 0 amide bonds. The van der Waals surface area contributed by atoms with Gasteiger partial charge in [0.25, 0.3) is 0 Å². The van der Waals surface area contributed by atoms with Crippen molar-refractivity contribution in [2.24, 2.45) is 5.92 Å². The van der Waals surface area contributed by atoms with Gasteiger partial charge in [-0.15, -0.1) is 0 Å². The average molecular weight is 310 g/mol. The van der Waals surface area contributed by atoms with Gasteiger partial charge in [0.2, 0.25) is 0 Å². The van der Waals surface area contributed by atoms with Crippen LogP contribution < -0.4 is 0 Å². The summed E-state index contributed by atoms with van der Waals surface area (Å²) in [6.45, 7) is 8.41. The predicted molar refractivity (Wildman–Crippen MR) is 96.3 cm³/mol. The molecule has 1 aliphatic rings. The van der Waals surface area contributed by atoms with Crippen LogP contribution in [0.15, 0.2) is 0 Å². The topological polar surface area (TPSA) is 20.3 Å². The van der Waals surface area contributed by atoms with Crippen LogP contribution in [0.5, 0.6) is 0 Å². The van der Waals surface area contributed by atoms with Crippen molar-refractivity contribution in [2.75, 3.05) is 19.6 Å². The molecule has 0 aromatic rings. The van der Waals surface area contributed by atoms with E-state index in [1.165, 1.54) is 77.4 Å². The zero-order valence-electron chi connectivity index (χ0n) is 15.2. The summed E-state index contributed by atoms with van der Waals surface area (Å²) in [6.07, 6.45) is 16.2. The third-order valence-corrected chi connectivity index (χ3v) is 5.17. The lowest BCUT2D eigenvalue weighted by Crippen LogP contribution is -2.29. The fourth-order valence-electron chi connectivity index (χ4n) is 3.51. The van der Waals surface area contributed by atoms with Gasteiger partial charge in [-0.1, -0.05) is 52.4 Å². The third kappa shape index (κ3) is 9.61. The molecule has 0 aromatic heterocycles. The molecule has 0 bridgehead atoms. The largest absolute Gasteiger partial charge is 0.303 e. The number of hydrogen-bond acceptors (Lipinski definition) is 2. The highest BCUT2D eigenvalue weighted by Gasteiger charge is 2.19. The second kappa shape index (κ2) is 13.1. The number of Topliss-reactive ketones (excluding diaryl/α,β-unsaturated/α-hetero) is 1. The molecule has 0 aliphatic heterocycles. The van der Waals surface area contributed by atoms with E-state index in [1.54, 1.807) is 0 Å². The van der Waals surface area contributed by atoms with E-state index in [9.17, 15) is 4.79 Å². The maximum Gasteiger partial charge on any atom is 0.132 e. The molecule has 0 radical (unpaired) electrons. The molecule has 0 spiro atoms. The van der Waals surface area contributed by atoms with Crippen molar-refractivity contribution in [3.05, 3.63) is 0 Å². The lowest BCUT2D eigenvalue weighted by atomic mass is 9.86. The minimum Gasteiger partial charge on any atom is -0.303 e. The molecule has 2 heteroatoms. The Labute approximate surface area is 139 Å². The molecular formula is C20H39NO. The van der Waals surface area contributed by atoms with Gasteiger partial charge in [0.15, 0.2) is 0 Å². The molecule has 0 heterocycles. The average Bonchev–Trinajstić information content (AvgIpc) is 2.54. The van der Waals surface area contributed by atoms with Crippen LogP contribution in [-0.4, -0.2) is 30.3 Å². The summed E-state index contributed by atoms with van der Waals surface area (Å²) >= 11 is 0. The number of ketones is 1. The van der Waals surface area contributed by atoms with E-state index in [0.29, 0.717) is 5.78 Å². The standard InChI is InChI=1S/C20H39NO/c1-3-5-7-9-16-21(17-10-8-6-4-2)18-15-19-11-13-20(22)14-12-19/h19H,3-18H2,1-2H3. The van der Waals surface area contributed by atoms with Gasteiger partial charge in [-0.2, -0.15) is 0 Å². The summed E-state index contributed by atoms with van der Waals surface area (Å²) in [6, 6.07) is 0. The maximum absolute atomic E-state index is 11.3. The Bertz CT molecular complexity index is 255. The van der Waals surface area contributed by atoms with E-state index in [1.807, 2.05) is 0 Å². The first-order valence-corrected chi connectivity index (χ1v) is 10.00. The molecule has 0 saturated heterocycles. The Morgan fingerprint density at radius 1 is 0.818 bits per heavy atom. The fraction of sp³-hybridized carbons (Fsp3) is 0.950. The second-order valence-electron chi connectivity index (χ2n) is 7.23. The van der Waals surface area contributed by atoms with E-state index < -0.39 is 0 Å². The van der Waals surface area contributed by atoms with Crippen LogP contribution in [0.1, 0.15) is 97.3 Å². The molecule has 1 fully saturated rings. The molecule has 1 saturated carbocycles. The number of hydrogen-bond donors (Lipinski definition) is 0. The first kappa shape index (κ1) is 19.7. The Morgan fingerprint density at radius 2 is 1.36 bits per heavy atom. The van der Waals surface area contributed by atoms with Crippen molar-refractivity contribution in [1.29, 1.82) is 0 Å². The highest BCUT2D eigenvalue weighted by molar-refractivity contribution is 5.78. The van der Waals surface area contributed by atoms with Crippen LogP contribution in [0.25, 0.3) is 0 Å². The Kier molecular flexibility index (Phi) is 11.7. The van der Waals surface area contributed by atoms with Crippen molar-refractivity contribution in [1.82, 2.24) is 4.90 Å². The summed E-state index contributed by atoms with van der Waals surface area (Å²) < 4.78 is 0. The van der Waals surface area contributed by atoms with Crippen molar-refractivity contribution in [2.45, 2.75) is 97.3 Å². The summed E-state index contributed by atoms with van der Waals surface area (Å²) in [5.41, 5.74) is 0. The number of unbranched alkanes of at least 4 members (excludes halogenated alkanes) is 6. The van der Waals surface area contributed by atoms with Gasteiger partial charge in [-0.05, 0) is 57.7 Å². The van der Waals surface area contributed by atoms with Crippen molar-refractivity contribution >= 4 is 5.78 Å². The van der Waals surface area contributed by atoms with Crippen LogP contribution in [0, 0.1) is 5.92 Å². The maximum atomic E-state index is 11.3. The van der Waals surface area contributed by atoms with Gasteiger partial charge in [0.1, 0.15) is 5.78 Å². The molecule has 0 atom stereocenters.